The zero-order chi connectivity index (χ0) is 17.6. The molecule has 1 aliphatic carbocycles. The number of nitrogens with two attached hydrogens (primary N) is 1. The van der Waals surface area contributed by atoms with Crippen molar-refractivity contribution in [2.45, 2.75) is 43.6 Å². The summed E-state index contributed by atoms with van der Waals surface area (Å²) in [4.78, 5) is 2.18. The second-order valence-corrected chi connectivity index (χ2v) is 6.91. The smallest absolute Gasteiger partial charge is 0.126 e. The Labute approximate surface area is 150 Å². The number of aliphatic hydroxyl groups is 1. The van der Waals surface area contributed by atoms with Gasteiger partial charge in [0.05, 0.1) is 6.04 Å². The topological polar surface area (TPSA) is 58.7 Å². The number of ether oxygens (including phenoxy) is 1. The van der Waals surface area contributed by atoms with E-state index in [4.69, 9.17) is 10.5 Å². The molecule has 0 bridgehead atoms. The van der Waals surface area contributed by atoms with E-state index < -0.39 is 6.10 Å². The predicted octanol–water partition coefficient (Wildman–Crippen LogP) is 2.46. The molecule has 4 nitrogen and oxygen atoms in total. The van der Waals surface area contributed by atoms with Crippen LogP contribution in [0.15, 0.2) is 60.7 Å². The maximum atomic E-state index is 10.9. The molecule has 0 unspecified atom stereocenters. The molecule has 4 atom stereocenters. The molecule has 25 heavy (non-hydrogen) atoms. The van der Waals surface area contributed by atoms with Crippen molar-refractivity contribution in [3.8, 4) is 5.75 Å². The van der Waals surface area contributed by atoms with Crippen molar-refractivity contribution in [2.75, 3.05) is 13.6 Å². The third-order valence-corrected chi connectivity index (χ3v) is 5.09. The lowest BCUT2D eigenvalue weighted by atomic mass is 9.85. The lowest BCUT2D eigenvalue weighted by molar-refractivity contribution is -0.0546. The molecule has 3 rings (SSSR count). The van der Waals surface area contributed by atoms with Crippen molar-refractivity contribution in [2.24, 2.45) is 5.73 Å². The maximum absolute atomic E-state index is 10.9. The monoisotopic (exact) mass is 340 g/mol. The standard InChI is InChI=1S/C21H28N2O2/c1-23(15-14-16-8-4-2-5-9-16)20-18(22)12-13-19(21(20)24)25-17-10-6-3-7-11-17/h2-11,18-21,24H,12-15,22H2,1H3/t18-,19-,20+,21+/m1/s1. The Morgan fingerprint density at radius 1 is 1.04 bits per heavy atom. The SMILES string of the molecule is CN(CCc1ccccc1)[C@@H]1[C@@H](O)[C@H](Oc2ccccc2)CC[C@H]1N. The molecule has 134 valence electrons. The fourth-order valence-corrected chi connectivity index (χ4v) is 3.66. The number of rotatable bonds is 6. The molecule has 0 saturated heterocycles. The number of hydrogen-bond donors (Lipinski definition) is 2. The highest BCUT2D eigenvalue weighted by molar-refractivity contribution is 5.22. The molecule has 1 fully saturated rings. The number of aliphatic hydroxyl groups excluding tert-OH is 1. The first kappa shape index (κ1) is 17.9. The van der Waals surface area contributed by atoms with E-state index in [0.717, 1.165) is 31.6 Å². The molecule has 0 aliphatic heterocycles. The van der Waals surface area contributed by atoms with E-state index >= 15 is 0 Å². The van der Waals surface area contributed by atoms with Gasteiger partial charge < -0.3 is 15.6 Å². The van der Waals surface area contributed by atoms with Gasteiger partial charge in [-0.1, -0.05) is 48.5 Å². The lowest BCUT2D eigenvalue weighted by Crippen LogP contribution is -2.61. The van der Waals surface area contributed by atoms with Crippen molar-refractivity contribution < 1.29 is 9.84 Å². The molecule has 4 heteroatoms. The van der Waals surface area contributed by atoms with E-state index in [0.29, 0.717) is 0 Å². The van der Waals surface area contributed by atoms with Gasteiger partial charge in [0.25, 0.3) is 0 Å². The van der Waals surface area contributed by atoms with Gasteiger partial charge in [-0.25, -0.2) is 0 Å². The second-order valence-electron chi connectivity index (χ2n) is 6.91. The van der Waals surface area contributed by atoms with Crippen LogP contribution in [-0.4, -0.2) is 47.9 Å². The molecule has 0 aromatic heterocycles. The Hall–Kier alpha value is -1.88. The summed E-state index contributed by atoms with van der Waals surface area (Å²) in [6, 6.07) is 20.0. The van der Waals surface area contributed by atoms with Crippen molar-refractivity contribution in [3.63, 3.8) is 0 Å². The third-order valence-electron chi connectivity index (χ3n) is 5.09. The zero-order valence-electron chi connectivity index (χ0n) is 14.8. The first-order valence-corrected chi connectivity index (χ1v) is 9.04. The summed E-state index contributed by atoms with van der Waals surface area (Å²) in [5.74, 6) is 0.799. The first-order valence-electron chi connectivity index (χ1n) is 9.04. The molecule has 2 aromatic carbocycles. The Bertz CT molecular complexity index is 635. The Morgan fingerprint density at radius 3 is 2.36 bits per heavy atom. The minimum absolute atomic E-state index is 0.0357. The van der Waals surface area contributed by atoms with Gasteiger partial charge in [-0.05, 0) is 44.0 Å². The highest BCUT2D eigenvalue weighted by Gasteiger charge is 2.40. The number of likely N-dealkylation sites (N-methyl/N-ethyl adjacent to an activating group) is 1. The van der Waals surface area contributed by atoms with E-state index in [2.05, 4.69) is 29.2 Å². The summed E-state index contributed by atoms with van der Waals surface area (Å²) in [5.41, 5.74) is 7.63. The van der Waals surface area contributed by atoms with Gasteiger partial charge in [-0.15, -0.1) is 0 Å². The van der Waals surface area contributed by atoms with Crippen LogP contribution in [0.1, 0.15) is 18.4 Å². The summed E-state index contributed by atoms with van der Waals surface area (Å²) in [5, 5.41) is 10.9. The van der Waals surface area contributed by atoms with Gasteiger partial charge in [0.2, 0.25) is 0 Å². The first-order chi connectivity index (χ1) is 12.1. The van der Waals surface area contributed by atoms with E-state index in [1.54, 1.807) is 0 Å². The second kappa shape index (κ2) is 8.48. The summed E-state index contributed by atoms with van der Waals surface area (Å²) >= 11 is 0. The van der Waals surface area contributed by atoms with Crippen LogP contribution in [0.3, 0.4) is 0 Å². The van der Waals surface area contributed by atoms with Crippen LogP contribution in [0.4, 0.5) is 0 Å². The number of para-hydroxylation sites is 1. The summed E-state index contributed by atoms with van der Waals surface area (Å²) in [7, 11) is 2.04. The van der Waals surface area contributed by atoms with Crippen molar-refractivity contribution >= 4 is 0 Å². The minimum Gasteiger partial charge on any atom is -0.488 e. The molecule has 0 radical (unpaired) electrons. The molecule has 1 aliphatic rings. The van der Waals surface area contributed by atoms with Gasteiger partial charge in [0.15, 0.2) is 0 Å². The molecule has 2 aromatic rings. The van der Waals surface area contributed by atoms with Gasteiger partial charge in [0.1, 0.15) is 18.0 Å². The Balaban J connectivity index is 1.62. The summed E-state index contributed by atoms with van der Waals surface area (Å²) in [6.45, 7) is 0.859. The molecule has 0 amide bonds. The van der Waals surface area contributed by atoms with Crippen molar-refractivity contribution in [3.05, 3.63) is 66.2 Å². The van der Waals surface area contributed by atoms with E-state index in [9.17, 15) is 5.11 Å². The lowest BCUT2D eigenvalue weighted by Gasteiger charge is -2.43. The van der Waals surface area contributed by atoms with Crippen molar-refractivity contribution in [1.29, 1.82) is 0 Å². The number of nitrogens with zero attached hydrogens (tertiary/aromatic N) is 1. The van der Waals surface area contributed by atoms with Crippen LogP contribution in [0.25, 0.3) is 0 Å². The fraction of sp³-hybridized carbons (Fsp3) is 0.429. The number of hydrogen-bond acceptors (Lipinski definition) is 4. The van der Waals surface area contributed by atoms with Crippen LogP contribution >= 0.6 is 0 Å². The normalized spacial score (nSPS) is 26.6. The molecular formula is C21H28N2O2. The van der Waals surface area contributed by atoms with E-state index in [1.165, 1.54) is 5.56 Å². The van der Waals surface area contributed by atoms with Crippen molar-refractivity contribution in [1.82, 2.24) is 4.90 Å². The van der Waals surface area contributed by atoms with E-state index in [-0.39, 0.29) is 18.2 Å². The Morgan fingerprint density at radius 2 is 1.68 bits per heavy atom. The predicted molar refractivity (Wildman–Crippen MR) is 101 cm³/mol. The Kier molecular flexibility index (Phi) is 6.08. The van der Waals surface area contributed by atoms with E-state index in [1.807, 2.05) is 43.4 Å². The molecule has 1 saturated carbocycles. The van der Waals surface area contributed by atoms with Gasteiger partial charge in [-0.3, -0.25) is 4.90 Å². The average molecular weight is 340 g/mol. The highest BCUT2D eigenvalue weighted by Crippen LogP contribution is 2.26. The molecular weight excluding hydrogens is 312 g/mol. The van der Waals surface area contributed by atoms with Gasteiger partial charge in [-0.2, -0.15) is 0 Å². The van der Waals surface area contributed by atoms with Crippen LogP contribution < -0.4 is 10.5 Å². The van der Waals surface area contributed by atoms with Crippen LogP contribution in [0.2, 0.25) is 0 Å². The van der Waals surface area contributed by atoms with Crippen LogP contribution in [-0.2, 0) is 6.42 Å². The highest BCUT2D eigenvalue weighted by atomic mass is 16.5. The summed E-state index contributed by atoms with van der Waals surface area (Å²) < 4.78 is 6.03. The molecule has 0 spiro atoms. The minimum atomic E-state index is -0.593. The fourth-order valence-electron chi connectivity index (χ4n) is 3.66. The molecule has 0 heterocycles. The summed E-state index contributed by atoms with van der Waals surface area (Å²) in [6.07, 6.45) is 1.77. The quantitative estimate of drug-likeness (QED) is 0.848. The van der Waals surface area contributed by atoms with Gasteiger partial charge in [0, 0.05) is 12.6 Å². The van der Waals surface area contributed by atoms with Gasteiger partial charge >= 0.3 is 0 Å². The average Bonchev–Trinajstić information content (AvgIpc) is 2.64. The van der Waals surface area contributed by atoms with Crippen LogP contribution in [0.5, 0.6) is 5.75 Å². The zero-order valence-corrected chi connectivity index (χ0v) is 14.8. The number of benzene rings is 2. The van der Waals surface area contributed by atoms with Crippen LogP contribution in [0, 0.1) is 0 Å². The molecule has 3 N–H and O–H groups in total. The third kappa shape index (κ3) is 4.60. The largest absolute Gasteiger partial charge is 0.488 e. The maximum Gasteiger partial charge on any atom is 0.126 e.